The van der Waals surface area contributed by atoms with Crippen molar-refractivity contribution < 1.29 is 13.2 Å². The summed E-state index contributed by atoms with van der Waals surface area (Å²) < 4.78 is 32.4. The minimum absolute atomic E-state index is 0.0415. The molecule has 2 aromatic rings. The smallest absolute Gasteiger partial charge is 0.215 e. The van der Waals surface area contributed by atoms with Crippen LogP contribution in [0.2, 0.25) is 5.02 Å². The highest BCUT2D eigenvalue weighted by molar-refractivity contribution is 7.88. The SMILES string of the molecule is O=S(=O)(Cc1ccc(Cl)cc1)NCCc1ccc(N2CCOCC2)cc1. The fourth-order valence-corrected chi connectivity index (χ4v) is 4.17. The molecule has 0 spiro atoms. The number of hydrogen-bond donors (Lipinski definition) is 1. The average Bonchev–Trinajstić information content (AvgIpc) is 2.65. The number of nitrogens with zero attached hydrogens (tertiary/aromatic N) is 1. The number of nitrogens with one attached hydrogen (secondary N) is 1. The van der Waals surface area contributed by atoms with E-state index in [1.807, 2.05) is 0 Å². The lowest BCUT2D eigenvalue weighted by Gasteiger charge is -2.28. The van der Waals surface area contributed by atoms with Gasteiger partial charge in [-0.1, -0.05) is 35.9 Å². The fraction of sp³-hybridized carbons (Fsp3) is 0.368. The number of ether oxygens (including phenoxy) is 1. The molecule has 1 fully saturated rings. The predicted octanol–water partition coefficient (Wildman–Crippen LogP) is 2.84. The molecule has 0 saturated carbocycles. The maximum atomic E-state index is 12.2. The molecule has 1 aliphatic heterocycles. The third kappa shape index (κ3) is 5.71. The molecule has 2 aromatic carbocycles. The Morgan fingerprint density at radius 2 is 1.58 bits per heavy atom. The van der Waals surface area contributed by atoms with Gasteiger partial charge in [-0.3, -0.25) is 0 Å². The van der Waals surface area contributed by atoms with Gasteiger partial charge in [0.25, 0.3) is 0 Å². The van der Waals surface area contributed by atoms with Crippen molar-refractivity contribution in [2.24, 2.45) is 0 Å². The molecule has 0 aromatic heterocycles. The summed E-state index contributed by atoms with van der Waals surface area (Å²) in [6.07, 6.45) is 0.656. The van der Waals surface area contributed by atoms with Crippen LogP contribution in [0.4, 0.5) is 5.69 Å². The summed E-state index contributed by atoms with van der Waals surface area (Å²) in [5.41, 5.74) is 3.01. The zero-order chi connectivity index (χ0) is 18.4. The predicted molar refractivity (Wildman–Crippen MR) is 105 cm³/mol. The summed E-state index contributed by atoms with van der Waals surface area (Å²) in [6, 6.07) is 15.1. The molecule has 0 radical (unpaired) electrons. The van der Waals surface area contributed by atoms with Gasteiger partial charge in [0.15, 0.2) is 0 Å². The Hall–Kier alpha value is -1.60. The molecule has 26 heavy (non-hydrogen) atoms. The molecule has 1 aliphatic rings. The lowest BCUT2D eigenvalue weighted by molar-refractivity contribution is 0.122. The molecule has 5 nitrogen and oxygen atoms in total. The molecule has 0 aliphatic carbocycles. The van der Waals surface area contributed by atoms with E-state index in [-0.39, 0.29) is 5.75 Å². The van der Waals surface area contributed by atoms with E-state index in [2.05, 4.69) is 33.9 Å². The number of morpholine rings is 1. The maximum Gasteiger partial charge on any atom is 0.215 e. The second-order valence-electron chi connectivity index (χ2n) is 6.30. The van der Waals surface area contributed by atoms with E-state index < -0.39 is 10.0 Å². The highest BCUT2D eigenvalue weighted by atomic mass is 35.5. The third-order valence-corrected chi connectivity index (χ3v) is 5.93. The Morgan fingerprint density at radius 3 is 2.23 bits per heavy atom. The van der Waals surface area contributed by atoms with Gasteiger partial charge in [0, 0.05) is 30.3 Å². The van der Waals surface area contributed by atoms with Gasteiger partial charge in [0.1, 0.15) is 0 Å². The molecule has 0 bridgehead atoms. The third-order valence-electron chi connectivity index (χ3n) is 4.32. The zero-order valence-electron chi connectivity index (χ0n) is 14.5. The first-order chi connectivity index (χ1) is 12.5. The molecule has 3 rings (SSSR count). The monoisotopic (exact) mass is 394 g/mol. The molecular weight excluding hydrogens is 372 g/mol. The molecule has 140 valence electrons. The summed E-state index contributed by atoms with van der Waals surface area (Å²) in [4.78, 5) is 2.29. The standard InChI is InChI=1S/C19H23ClN2O3S/c20-18-5-1-17(2-6-18)15-26(23,24)21-10-9-16-3-7-19(8-4-16)22-11-13-25-14-12-22/h1-8,21H,9-15H2. The summed E-state index contributed by atoms with van der Waals surface area (Å²) >= 11 is 5.82. The zero-order valence-corrected chi connectivity index (χ0v) is 16.1. The van der Waals surface area contributed by atoms with Crippen LogP contribution in [0.1, 0.15) is 11.1 Å². The number of anilines is 1. The van der Waals surface area contributed by atoms with Crippen LogP contribution >= 0.6 is 11.6 Å². The molecule has 1 N–H and O–H groups in total. The van der Waals surface area contributed by atoms with E-state index in [0.29, 0.717) is 18.0 Å². The Kier molecular flexibility index (Phi) is 6.53. The lowest BCUT2D eigenvalue weighted by Crippen LogP contribution is -2.36. The summed E-state index contributed by atoms with van der Waals surface area (Å²) in [5, 5.41) is 0.597. The van der Waals surface area contributed by atoms with Crippen LogP contribution in [0.15, 0.2) is 48.5 Å². The van der Waals surface area contributed by atoms with E-state index in [1.165, 1.54) is 5.69 Å². The van der Waals surface area contributed by atoms with Gasteiger partial charge in [-0.05, 0) is 41.8 Å². The van der Waals surface area contributed by atoms with Crippen molar-refractivity contribution in [3.63, 3.8) is 0 Å². The van der Waals surface area contributed by atoms with Crippen molar-refractivity contribution in [1.29, 1.82) is 0 Å². The second kappa shape index (κ2) is 8.86. The van der Waals surface area contributed by atoms with Crippen molar-refractivity contribution in [3.8, 4) is 0 Å². The molecule has 7 heteroatoms. The van der Waals surface area contributed by atoms with Crippen LogP contribution in [0.3, 0.4) is 0 Å². The van der Waals surface area contributed by atoms with E-state index in [0.717, 1.165) is 37.4 Å². The van der Waals surface area contributed by atoms with Gasteiger partial charge in [0.2, 0.25) is 10.0 Å². The van der Waals surface area contributed by atoms with E-state index >= 15 is 0 Å². The number of benzene rings is 2. The van der Waals surface area contributed by atoms with Crippen LogP contribution in [0, 0.1) is 0 Å². The highest BCUT2D eigenvalue weighted by Gasteiger charge is 2.12. The Morgan fingerprint density at radius 1 is 0.962 bits per heavy atom. The van der Waals surface area contributed by atoms with Gasteiger partial charge in [-0.25, -0.2) is 13.1 Å². The number of sulfonamides is 1. The van der Waals surface area contributed by atoms with Crippen LogP contribution in [0.5, 0.6) is 0 Å². The highest BCUT2D eigenvalue weighted by Crippen LogP contribution is 2.17. The fourth-order valence-electron chi connectivity index (χ4n) is 2.90. The van der Waals surface area contributed by atoms with Gasteiger partial charge in [-0.2, -0.15) is 0 Å². The molecule has 0 amide bonds. The Labute approximate surface area is 160 Å². The molecule has 0 atom stereocenters. The number of rotatable bonds is 7. The Bertz CT molecular complexity index is 802. The van der Waals surface area contributed by atoms with Crippen molar-refractivity contribution in [2.75, 3.05) is 37.7 Å². The van der Waals surface area contributed by atoms with E-state index in [9.17, 15) is 8.42 Å². The van der Waals surface area contributed by atoms with Gasteiger partial charge < -0.3 is 9.64 Å². The van der Waals surface area contributed by atoms with Gasteiger partial charge in [-0.15, -0.1) is 0 Å². The number of halogens is 1. The average molecular weight is 395 g/mol. The van der Waals surface area contributed by atoms with Crippen LogP contribution in [0.25, 0.3) is 0 Å². The first kappa shape index (κ1) is 19.2. The van der Waals surface area contributed by atoms with E-state index in [4.69, 9.17) is 16.3 Å². The topological polar surface area (TPSA) is 58.6 Å². The molecule has 1 heterocycles. The van der Waals surface area contributed by atoms with Crippen LogP contribution < -0.4 is 9.62 Å². The van der Waals surface area contributed by atoms with Crippen LogP contribution in [-0.4, -0.2) is 41.3 Å². The first-order valence-electron chi connectivity index (χ1n) is 8.65. The second-order valence-corrected chi connectivity index (χ2v) is 8.54. The number of hydrogen-bond acceptors (Lipinski definition) is 4. The molecule has 0 unspecified atom stereocenters. The maximum absolute atomic E-state index is 12.2. The van der Waals surface area contributed by atoms with Gasteiger partial charge in [0.05, 0.1) is 19.0 Å². The largest absolute Gasteiger partial charge is 0.378 e. The van der Waals surface area contributed by atoms with Crippen molar-refractivity contribution in [2.45, 2.75) is 12.2 Å². The van der Waals surface area contributed by atoms with Crippen LogP contribution in [-0.2, 0) is 26.9 Å². The van der Waals surface area contributed by atoms with Crippen molar-refractivity contribution >= 4 is 27.3 Å². The summed E-state index contributed by atoms with van der Waals surface area (Å²) in [5.74, 6) is -0.0415. The van der Waals surface area contributed by atoms with Crippen molar-refractivity contribution in [3.05, 3.63) is 64.7 Å². The van der Waals surface area contributed by atoms with Crippen molar-refractivity contribution in [1.82, 2.24) is 4.72 Å². The minimum Gasteiger partial charge on any atom is -0.378 e. The molecule has 1 saturated heterocycles. The lowest BCUT2D eigenvalue weighted by atomic mass is 10.1. The quantitative estimate of drug-likeness (QED) is 0.784. The minimum atomic E-state index is -3.36. The summed E-state index contributed by atoms with van der Waals surface area (Å²) in [6.45, 7) is 3.72. The van der Waals surface area contributed by atoms with E-state index in [1.54, 1.807) is 24.3 Å². The normalized spacial score (nSPS) is 15.2. The first-order valence-corrected chi connectivity index (χ1v) is 10.7. The Balaban J connectivity index is 1.48. The summed E-state index contributed by atoms with van der Waals surface area (Å²) in [7, 11) is -3.36. The van der Waals surface area contributed by atoms with Gasteiger partial charge >= 0.3 is 0 Å². The molecular formula is C19H23ClN2O3S.